The summed E-state index contributed by atoms with van der Waals surface area (Å²) in [7, 11) is 1.74. The highest BCUT2D eigenvalue weighted by Crippen LogP contribution is 2.40. The van der Waals surface area contributed by atoms with E-state index in [0.29, 0.717) is 6.04 Å². The molecule has 1 fully saturated rings. The molecule has 1 aromatic rings. The zero-order valence-corrected chi connectivity index (χ0v) is 8.42. The van der Waals surface area contributed by atoms with Crippen LogP contribution < -0.4 is 10.1 Å². The van der Waals surface area contributed by atoms with Crippen molar-refractivity contribution in [1.82, 2.24) is 5.32 Å². The third-order valence-corrected chi connectivity index (χ3v) is 3.54. The second-order valence-corrected chi connectivity index (χ2v) is 4.22. The van der Waals surface area contributed by atoms with E-state index in [1.165, 1.54) is 30.5 Å². The molecule has 2 nitrogen and oxygen atoms in total. The molecule has 0 amide bonds. The molecule has 2 aliphatic rings. The molecule has 0 unspecified atom stereocenters. The summed E-state index contributed by atoms with van der Waals surface area (Å²) in [6.45, 7) is 1.17. The van der Waals surface area contributed by atoms with Crippen LogP contribution in [-0.2, 0) is 6.42 Å². The van der Waals surface area contributed by atoms with Crippen molar-refractivity contribution in [3.05, 3.63) is 29.3 Å². The number of fused-ring (bicyclic) bond motifs is 3. The molecular formula is C12H15NO. The molecule has 2 atom stereocenters. The Hall–Kier alpha value is -1.02. The fourth-order valence-electron chi connectivity index (χ4n) is 2.82. The van der Waals surface area contributed by atoms with Crippen LogP contribution in [-0.4, -0.2) is 19.7 Å². The minimum absolute atomic E-state index is 0.692. The molecule has 3 rings (SSSR count). The van der Waals surface area contributed by atoms with Crippen LogP contribution in [0.1, 0.15) is 23.5 Å². The maximum absolute atomic E-state index is 5.27. The van der Waals surface area contributed by atoms with Gasteiger partial charge in [-0.3, -0.25) is 0 Å². The second kappa shape index (κ2) is 2.99. The first-order chi connectivity index (χ1) is 6.88. The zero-order chi connectivity index (χ0) is 9.54. The normalized spacial score (nSPS) is 28.6. The van der Waals surface area contributed by atoms with Gasteiger partial charge in [0.15, 0.2) is 0 Å². The van der Waals surface area contributed by atoms with E-state index in [2.05, 4.69) is 23.5 Å². The Bertz CT molecular complexity index is 361. The molecule has 2 heteroatoms. The molecule has 0 radical (unpaired) electrons. The fraction of sp³-hybridized carbons (Fsp3) is 0.500. The molecule has 1 aromatic carbocycles. The summed E-state index contributed by atoms with van der Waals surface area (Å²) >= 11 is 0. The van der Waals surface area contributed by atoms with E-state index >= 15 is 0 Å². The molecule has 1 aliphatic heterocycles. The Balaban J connectivity index is 2.03. The van der Waals surface area contributed by atoms with Gasteiger partial charge in [-0.25, -0.2) is 0 Å². The molecule has 1 aliphatic carbocycles. The third-order valence-electron chi connectivity index (χ3n) is 3.54. The number of hydrogen-bond acceptors (Lipinski definition) is 2. The standard InChI is InChI=1S/C12H15NO/c1-14-9-3-2-8-6-12-10(4-5-13-12)11(8)7-9/h2-3,7,10,12-13H,4-6H2,1H3/t10-,12+/m1/s1. The van der Waals surface area contributed by atoms with E-state index in [0.717, 1.165) is 11.7 Å². The monoisotopic (exact) mass is 189 g/mol. The Morgan fingerprint density at radius 2 is 2.36 bits per heavy atom. The van der Waals surface area contributed by atoms with Gasteiger partial charge in [0.1, 0.15) is 5.75 Å². The third kappa shape index (κ3) is 1.07. The van der Waals surface area contributed by atoms with E-state index < -0.39 is 0 Å². The van der Waals surface area contributed by atoms with Crippen molar-refractivity contribution in [2.24, 2.45) is 0 Å². The number of ether oxygens (including phenoxy) is 1. The lowest BCUT2D eigenvalue weighted by Crippen LogP contribution is -2.23. The van der Waals surface area contributed by atoms with E-state index in [4.69, 9.17) is 4.74 Å². The summed E-state index contributed by atoms with van der Waals surface area (Å²) in [5.41, 5.74) is 3.02. The molecule has 0 saturated carbocycles. The first-order valence-electron chi connectivity index (χ1n) is 5.28. The molecule has 1 heterocycles. The van der Waals surface area contributed by atoms with Gasteiger partial charge < -0.3 is 10.1 Å². The summed E-state index contributed by atoms with van der Waals surface area (Å²) in [6.07, 6.45) is 2.48. The summed E-state index contributed by atoms with van der Waals surface area (Å²) < 4.78 is 5.27. The number of nitrogens with one attached hydrogen (secondary N) is 1. The largest absolute Gasteiger partial charge is 0.497 e. The van der Waals surface area contributed by atoms with Crippen LogP contribution in [0.2, 0.25) is 0 Å². The molecule has 0 bridgehead atoms. The Morgan fingerprint density at radius 1 is 1.43 bits per heavy atom. The van der Waals surface area contributed by atoms with Crippen LogP contribution in [0.4, 0.5) is 0 Å². The number of rotatable bonds is 1. The van der Waals surface area contributed by atoms with Crippen molar-refractivity contribution in [2.45, 2.75) is 24.8 Å². The lowest BCUT2D eigenvalue weighted by atomic mass is 9.98. The minimum atomic E-state index is 0.692. The van der Waals surface area contributed by atoms with Crippen LogP contribution >= 0.6 is 0 Å². The highest BCUT2D eigenvalue weighted by atomic mass is 16.5. The Labute approximate surface area is 84.3 Å². The molecular weight excluding hydrogens is 174 g/mol. The zero-order valence-electron chi connectivity index (χ0n) is 8.42. The molecule has 1 saturated heterocycles. The van der Waals surface area contributed by atoms with Gasteiger partial charge in [-0.05, 0) is 42.6 Å². The van der Waals surface area contributed by atoms with E-state index in [1.807, 2.05) is 0 Å². The van der Waals surface area contributed by atoms with E-state index in [9.17, 15) is 0 Å². The highest BCUT2D eigenvalue weighted by molar-refractivity contribution is 5.43. The number of hydrogen-bond donors (Lipinski definition) is 1. The smallest absolute Gasteiger partial charge is 0.119 e. The van der Waals surface area contributed by atoms with Crippen molar-refractivity contribution >= 4 is 0 Å². The van der Waals surface area contributed by atoms with Crippen molar-refractivity contribution < 1.29 is 4.74 Å². The molecule has 14 heavy (non-hydrogen) atoms. The van der Waals surface area contributed by atoms with Gasteiger partial charge in [0.2, 0.25) is 0 Å². The first kappa shape index (κ1) is 8.30. The van der Waals surface area contributed by atoms with E-state index in [-0.39, 0.29) is 0 Å². The fourth-order valence-corrected chi connectivity index (χ4v) is 2.82. The van der Waals surface area contributed by atoms with Crippen LogP contribution in [0.15, 0.2) is 18.2 Å². The molecule has 0 aromatic heterocycles. The van der Waals surface area contributed by atoms with Crippen molar-refractivity contribution in [1.29, 1.82) is 0 Å². The van der Waals surface area contributed by atoms with E-state index in [1.54, 1.807) is 7.11 Å². The van der Waals surface area contributed by atoms with Crippen LogP contribution in [0.5, 0.6) is 5.75 Å². The summed E-state index contributed by atoms with van der Waals surface area (Å²) in [4.78, 5) is 0. The van der Waals surface area contributed by atoms with Gasteiger partial charge in [-0.2, -0.15) is 0 Å². The average Bonchev–Trinajstić information content (AvgIpc) is 2.76. The van der Waals surface area contributed by atoms with Crippen LogP contribution in [0.3, 0.4) is 0 Å². The molecule has 1 N–H and O–H groups in total. The average molecular weight is 189 g/mol. The lowest BCUT2D eigenvalue weighted by Gasteiger charge is -2.09. The maximum Gasteiger partial charge on any atom is 0.119 e. The summed E-state index contributed by atoms with van der Waals surface area (Å²) in [6, 6.07) is 7.19. The highest BCUT2D eigenvalue weighted by Gasteiger charge is 2.35. The van der Waals surface area contributed by atoms with Crippen molar-refractivity contribution in [3.8, 4) is 5.75 Å². The van der Waals surface area contributed by atoms with Gasteiger partial charge in [-0.15, -0.1) is 0 Å². The quantitative estimate of drug-likeness (QED) is 0.726. The predicted molar refractivity (Wildman–Crippen MR) is 55.8 cm³/mol. The minimum Gasteiger partial charge on any atom is -0.497 e. The first-order valence-corrected chi connectivity index (χ1v) is 5.28. The Morgan fingerprint density at radius 3 is 3.21 bits per heavy atom. The number of benzene rings is 1. The van der Waals surface area contributed by atoms with Gasteiger partial charge in [0.25, 0.3) is 0 Å². The van der Waals surface area contributed by atoms with Gasteiger partial charge in [-0.1, -0.05) is 6.07 Å². The topological polar surface area (TPSA) is 21.3 Å². The van der Waals surface area contributed by atoms with Crippen LogP contribution in [0, 0.1) is 0 Å². The van der Waals surface area contributed by atoms with Crippen LogP contribution in [0.25, 0.3) is 0 Å². The summed E-state index contributed by atoms with van der Waals surface area (Å²) in [5, 5.41) is 3.56. The van der Waals surface area contributed by atoms with Gasteiger partial charge in [0, 0.05) is 12.0 Å². The predicted octanol–water partition coefficient (Wildman–Crippen LogP) is 1.70. The molecule has 0 spiro atoms. The Kier molecular flexibility index (Phi) is 1.77. The second-order valence-electron chi connectivity index (χ2n) is 4.22. The number of methoxy groups -OCH3 is 1. The summed E-state index contributed by atoms with van der Waals surface area (Å²) in [5.74, 6) is 1.73. The van der Waals surface area contributed by atoms with Gasteiger partial charge in [0.05, 0.1) is 7.11 Å². The molecule has 74 valence electrons. The van der Waals surface area contributed by atoms with Crippen molar-refractivity contribution in [3.63, 3.8) is 0 Å². The van der Waals surface area contributed by atoms with Gasteiger partial charge >= 0.3 is 0 Å². The van der Waals surface area contributed by atoms with Crippen molar-refractivity contribution in [2.75, 3.05) is 13.7 Å². The lowest BCUT2D eigenvalue weighted by molar-refractivity contribution is 0.414. The maximum atomic E-state index is 5.27. The SMILES string of the molecule is COc1ccc2c(c1)[C@H]1CCN[C@H]1C2.